The molecule has 1 aromatic carbocycles. The number of nitrogens with zero attached hydrogens (tertiary/aromatic N) is 3. The van der Waals surface area contributed by atoms with Gasteiger partial charge in [-0.05, 0) is 17.7 Å². The van der Waals surface area contributed by atoms with E-state index in [0.717, 1.165) is 36.3 Å². The van der Waals surface area contributed by atoms with Gasteiger partial charge in [0, 0.05) is 44.7 Å². The van der Waals surface area contributed by atoms with Gasteiger partial charge in [0.2, 0.25) is 0 Å². The Kier molecular flexibility index (Phi) is 5.27. The summed E-state index contributed by atoms with van der Waals surface area (Å²) >= 11 is 0. The number of rotatable bonds is 7. The summed E-state index contributed by atoms with van der Waals surface area (Å²) in [6.07, 6.45) is 4.04. The number of hydrogen-bond donors (Lipinski definition) is 0. The van der Waals surface area contributed by atoms with Crippen LogP contribution in [0.2, 0.25) is 0 Å². The third-order valence-corrected chi connectivity index (χ3v) is 4.13. The van der Waals surface area contributed by atoms with E-state index in [4.69, 9.17) is 4.74 Å². The normalized spacial score (nSPS) is 11.0. The number of fused-ring (bicyclic) bond motifs is 1. The molecule has 0 radical (unpaired) electrons. The van der Waals surface area contributed by atoms with Crippen LogP contribution in [0.5, 0.6) is 0 Å². The molecule has 0 saturated carbocycles. The summed E-state index contributed by atoms with van der Waals surface area (Å²) in [6, 6.07) is 18.7. The highest BCUT2D eigenvalue weighted by atomic mass is 16.5. The molecule has 24 heavy (non-hydrogen) atoms. The Labute approximate surface area is 142 Å². The van der Waals surface area contributed by atoms with Crippen LogP contribution in [0.3, 0.4) is 0 Å². The molecule has 122 valence electrons. The van der Waals surface area contributed by atoms with Gasteiger partial charge in [-0.1, -0.05) is 36.4 Å². The summed E-state index contributed by atoms with van der Waals surface area (Å²) in [7, 11) is 1.72. The third-order valence-electron chi connectivity index (χ3n) is 4.13. The largest absolute Gasteiger partial charge is 0.383 e. The number of aromatic nitrogens is 1. The number of methoxy groups -OCH3 is 1. The lowest BCUT2D eigenvalue weighted by Gasteiger charge is -2.21. The first-order chi connectivity index (χ1) is 11.8. The van der Waals surface area contributed by atoms with Gasteiger partial charge in [0.25, 0.3) is 0 Å². The fourth-order valence-electron chi connectivity index (χ4n) is 2.94. The molecule has 4 nitrogen and oxygen atoms in total. The molecule has 3 rings (SSSR count). The van der Waals surface area contributed by atoms with Crippen molar-refractivity contribution in [3.05, 3.63) is 77.6 Å². The molecule has 0 N–H and O–H groups in total. The number of benzene rings is 1. The van der Waals surface area contributed by atoms with E-state index in [1.807, 2.05) is 34.9 Å². The lowest BCUT2D eigenvalue weighted by molar-refractivity contribution is 0.140. The first-order valence-corrected chi connectivity index (χ1v) is 8.05. The second-order valence-electron chi connectivity index (χ2n) is 5.82. The highest BCUT2D eigenvalue weighted by Crippen LogP contribution is 2.20. The monoisotopic (exact) mass is 319 g/mol. The van der Waals surface area contributed by atoms with Crippen molar-refractivity contribution in [1.82, 2.24) is 9.30 Å². The third kappa shape index (κ3) is 3.65. The van der Waals surface area contributed by atoms with Crippen molar-refractivity contribution >= 4 is 5.52 Å². The van der Waals surface area contributed by atoms with Crippen LogP contribution in [0.4, 0.5) is 0 Å². The number of pyridine rings is 1. The Morgan fingerprint density at radius 2 is 1.88 bits per heavy atom. The topological polar surface area (TPSA) is 40.7 Å². The molecule has 0 spiro atoms. The molecular formula is C20H21N3O. The van der Waals surface area contributed by atoms with E-state index in [-0.39, 0.29) is 0 Å². The second-order valence-corrected chi connectivity index (χ2v) is 5.82. The molecule has 0 amide bonds. The molecule has 2 aromatic heterocycles. The van der Waals surface area contributed by atoms with Gasteiger partial charge in [-0.25, -0.2) is 0 Å². The van der Waals surface area contributed by atoms with Crippen molar-refractivity contribution in [2.45, 2.75) is 13.1 Å². The van der Waals surface area contributed by atoms with Gasteiger partial charge in [0.05, 0.1) is 17.7 Å². The Balaban J connectivity index is 1.85. The second kappa shape index (κ2) is 7.78. The average Bonchev–Trinajstić information content (AvgIpc) is 2.97. The van der Waals surface area contributed by atoms with Crippen LogP contribution in [-0.4, -0.2) is 29.6 Å². The maximum Gasteiger partial charge on any atom is 0.102 e. The van der Waals surface area contributed by atoms with Crippen LogP contribution < -0.4 is 0 Å². The van der Waals surface area contributed by atoms with E-state index >= 15 is 0 Å². The Morgan fingerprint density at radius 1 is 1.08 bits per heavy atom. The van der Waals surface area contributed by atoms with Gasteiger partial charge in [-0.15, -0.1) is 0 Å². The van der Waals surface area contributed by atoms with Crippen LogP contribution >= 0.6 is 0 Å². The predicted molar refractivity (Wildman–Crippen MR) is 94.5 cm³/mol. The molecule has 0 aliphatic heterocycles. The summed E-state index contributed by atoms with van der Waals surface area (Å²) in [5, 5.41) is 9.58. The molecule has 0 aliphatic carbocycles. The molecule has 3 aromatic rings. The van der Waals surface area contributed by atoms with Gasteiger partial charge in [0.1, 0.15) is 6.07 Å². The van der Waals surface area contributed by atoms with Crippen LogP contribution in [0, 0.1) is 11.3 Å². The molecule has 4 heteroatoms. The lowest BCUT2D eigenvalue weighted by Crippen LogP contribution is -2.26. The van der Waals surface area contributed by atoms with E-state index < -0.39 is 0 Å². The Morgan fingerprint density at radius 3 is 2.62 bits per heavy atom. The first kappa shape index (κ1) is 16.3. The van der Waals surface area contributed by atoms with Gasteiger partial charge >= 0.3 is 0 Å². The summed E-state index contributed by atoms with van der Waals surface area (Å²) in [5.41, 5.74) is 4.03. The zero-order valence-corrected chi connectivity index (χ0v) is 13.9. The van der Waals surface area contributed by atoms with Crippen molar-refractivity contribution < 1.29 is 4.74 Å². The Bertz CT molecular complexity index is 833. The van der Waals surface area contributed by atoms with E-state index in [1.165, 1.54) is 5.56 Å². The van der Waals surface area contributed by atoms with Crippen molar-refractivity contribution in [2.75, 3.05) is 20.3 Å². The SMILES string of the molecule is COCCN(Cc1ccccc1)Cc1cn2ccccc2c1C#N. The molecule has 0 atom stereocenters. The van der Waals surface area contributed by atoms with Crippen molar-refractivity contribution in [3.63, 3.8) is 0 Å². The number of hydrogen-bond acceptors (Lipinski definition) is 3. The standard InChI is InChI=1S/C20H21N3O/c1-24-12-11-22(14-17-7-3-2-4-8-17)15-18-16-23-10-6-5-9-20(23)19(18)13-21/h2-10,16H,11-12,14-15H2,1H3. The lowest BCUT2D eigenvalue weighted by atomic mass is 10.1. The highest BCUT2D eigenvalue weighted by Gasteiger charge is 2.14. The molecule has 0 saturated heterocycles. The first-order valence-electron chi connectivity index (χ1n) is 8.05. The summed E-state index contributed by atoms with van der Waals surface area (Å²) in [5.74, 6) is 0. The van der Waals surface area contributed by atoms with Crippen LogP contribution in [0.25, 0.3) is 5.52 Å². The minimum absolute atomic E-state index is 0.669. The predicted octanol–water partition coefficient (Wildman–Crippen LogP) is 3.46. The summed E-state index contributed by atoms with van der Waals surface area (Å²) < 4.78 is 7.27. The quantitative estimate of drug-likeness (QED) is 0.669. The average molecular weight is 319 g/mol. The van der Waals surface area contributed by atoms with Crippen molar-refractivity contribution in [2.24, 2.45) is 0 Å². The van der Waals surface area contributed by atoms with Crippen molar-refractivity contribution in [1.29, 1.82) is 5.26 Å². The molecule has 2 heterocycles. The maximum atomic E-state index is 9.58. The van der Waals surface area contributed by atoms with Crippen LogP contribution in [0.15, 0.2) is 60.9 Å². The van der Waals surface area contributed by atoms with Gasteiger partial charge in [-0.3, -0.25) is 4.90 Å². The highest BCUT2D eigenvalue weighted by molar-refractivity contribution is 5.65. The van der Waals surface area contributed by atoms with Crippen LogP contribution in [0.1, 0.15) is 16.7 Å². The number of nitriles is 1. The zero-order chi connectivity index (χ0) is 16.8. The summed E-state index contributed by atoms with van der Waals surface area (Å²) in [4.78, 5) is 2.31. The van der Waals surface area contributed by atoms with E-state index in [2.05, 4.69) is 41.4 Å². The van der Waals surface area contributed by atoms with Gasteiger partial charge < -0.3 is 9.14 Å². The van der Waals surface area contributed by atoms with Gasteiger partial charge in [-0.2, -0.15) is 5.26 Å². The zero-order valence-electron chi connectivity index (χ0n) is 13.9. The van der Waals surface area contributed by atoms with Crippen LogP contribution in [-0.2, 0) is 17.8 Å². The van der Waals surface area contributed by atoms with E-state index in [9.17, 15) is 5.26 Å². The molecular weight excluding hydrogens is 298 g/mol. The maximum absolute atomic E-state index is 9.58. The number of ether oxygens (including phenoxy) is 1. The van der Waals surface area contributed by atoms with Gasteiger partial charge in [0.15, 0.2) is 0 Å². The summed E-state index contributed by atoms with van der Waals surface area (Å²) in [6.45, 7) is 3.05. The smallest absolute Gasteiger partial charge is 0.102 e. The molecule has 0 fully saturated rings. The van der Waals surface area contributed by atoms with E-state index in [1.54, 1.807) is 7.11 Å². The minimum atomic E-state index is 0.669. The van der Waals surface area contributed by atoms with Crippen molar-refractivity contribution in [3.8, 4) is 6.07 Å². The molecule has 0 bridgehead atoms. The Hall–Kier alpha value is -2.61. The molecule has 0 unspecified atom stereocenters. The fourth-order valence-corrected chi connectivity index (χ4v) is 2.94. The minimum Gasteiger partial charge on any atom is -0.383 e. The van der Waals surface area contributed by atoms with E-state index in [0.29, 0.717) is 6.61 Å². The fraction of sp³-hybridized carbons (Fsp3) is 0.250. The molecule has 0 aliphatic rings.